The quantitative estimate of drug-likeness (QED) is 0.474. The van der Waals surface area contributed by atoms with Crippen LogP contribution in [0, 0.1) is 18.3 Å². The molecule has 1 saturated heterocycles. The third kappa shape index (κ3) is 4.47. The van der Waals surface area contributed by atoms with Gasteiger partial charge in [-0.25, -0.2) is 4.98 Å². The predicted octanol–water partition coefficient (Wildman–Crippen LogP) is 3.53. The summed E-state index contributed by atoms with van der Waals surface area (Å²) in [4.78, 5) is 31.4. The van der Waals surface area contributed by atoms with Crippen molar-refractivity contribution in [2.45, 2.75) is 6.92 Å². The van der Waals surface area contributed by atoms with Crippen molar-refractivity contribution in [1.82, 2.24) is 20.1 Å². The Balaban J connectivity index is 1.38. The zero-order chi connectivity index (χ0) is 24.4. The lowest BCUT2D eigenvalue weighted by molar-refractivity contribution is 0.0303. The summed E-state index contributed by atoms with van der Waals surface area (Å²) in [6, 6.07) is 16.5. The highest BCUT2D eigenvalue weighted by Gasteiger charge is 2.19. The molecule has 1 fully saturated rings. The molecule has 2 N–H and O–H groups in total. The Morgan fingerprint density at radius 1 is 1.11 bits per heavy atom. The number of nitrogens with one attached hydrogen (secondary N) is 2. The fourth-order valence-corrected chi connectivity index (χ4v) is 4.10. The van der Waals surface area contributed by atoms with Gasteiger partial charge in [-0.1, -0.05) is 12.1 Å². The number of fused-ring (bicyclic) bond motifs is 1. The van der Waals surface area contributed by atoms with E-state index in [4.69, 9.17) is 10.00 Å². The van der Waals surface area contributed by atoms with Crippen molar-refractivity contribution in [1.29, 1.82) is 5.26 Å². The van der Waals surface area contributed by atoms with Crippen LogP contribution in [0.2, 0.25) is 0 Å². The fourth-order valence-electron chi connectivity index (χ4n) is 4.10. The summed E-state index contributed by atoms with van der Waals surface area (Å²) < 4.78 is 5.32. The number of amides is 2. The lowest BCUT2D eigenvalue weighted by atomic mass is 10.0. The number of nitriles is 1. The Kier molecular flexibility index (Phi) is 5.95. The van der Waals surface area contributed by atoms with Gasteiger partial charge in [0.05, 0.1) is 30.0 Å². The SMILES string of the molecule is Cc1cc(C#N)cnc1C(=O)Nc1ccc2[nH]nc(-c3ccc(C(=O)N4CCOCC4)cc3)c2c1. The summed E-state index contributed by atoms with van der Waals surface area (Å²) in [6.45, 7) is 4.05. The molecule has 0 saturated carbocycles. The minimum Gasteiger partial charge on any atom is -0.378 e. The number of pyridine rings is 1. The molecule has 0 atom stereocenters. The number of aryl methyl sites for hydroxylation is 1. The highest BCUT2D eigenvalue weighted by Crippen LogP contribution is 2.29. The molecular formula is C26H22N6O3. The molecule has 5 rings (SSSR count). The Bertz CT molecular complexity index is 1460. The number of nitrogens with zero attached hydrogens (tertiary/aromatic N) is 4. The molecular weight excluding hydrogens is 444 g/mol. The Morgan fingerprint density at radius 3 is 2.60 bits per heavy atom. The van der Waals surface area contributed by atoms with Gasteiger partial charge in [-0.05, 0) is 48.9 Å². The van der Waals surface area contributed by atoms with Crippen LogP contribution in [-0.4, -0.2) is 58.2 Å². The van der Waals surface area contributed by atoms with Gasteiger partial charge in [-0.15, -0.1) is 0 Å². The van der Waals surface area contributed by atoms with Crippen molar-refractivity contribution in [2.24, 2.45) is 0 Å². The molecule has 2 aromatic carbocycles. The van der Waals surface area contributed by atoms with Crippen molar-refractivity contribution < 1.29 is 14.3 Å². The van der Waals surface area contributed by atoms with Gasteiger partial charge in [-0.3, -0.25) is 14.7 Å². The molecule has 174 valence electrons. The van der Waals surface area contributed by atoms with Crippen LogP contribution >= 0.6 is 0 Å². The second-order valence-electron chi connectivity index (χ2n) is 8.27. The number of carbonyl (C=O) groups excluding carboxylic acids is 2. The van der Waals surface area contributed by atoms with Crippen LogP contribution in [0.25, 0.3) is 22.2 Å². The summed E-state index contributed by atoms with van der Waals surface area (Å²) in [7, 11) is 0. The molecule has 0 spiro atoms. The van der Waals surface area contributed by atoms with E-state index in [9.17, 15) is 9.59 Å². The number of aromatic amines is 1. The second-order valence-corrected chi connectivity index (χ2v) is 8.27. The minimum atomic E-state index is -0.359. The summed E-state index contributed by atoms with van der Waals surface area (Å²) in [5, 5.41) is 20.2. The summed E-state index contributed by atoms with van der Waals surface area (Å²) in [5.74, 6) is -0.370. The Morgan fingerprint density at radius 2 is 1.89 bits per heavy atom. The van der Waals surface area contributed by atoms with Gasteiger partial charge in [0.1, 0.15) is 11.8 Å². The van der Waals surface area contributed by atoms with Crippen LogP contribution < -0.4 is 5.32 Å². The van der Waals surface area contributed by atoms with E-state index < -0.39 is 0 Å². The molecule has 0 aliphatic carbocycles. The van der Waals surface area contributed by atoms with Gasteiger partial charge < -0.3 is 15.0 Å². The molecule has 9 heteroatoms. The number of morpholine rings is 1. The van der Waals surface area contributed by atoms with Gasteiger partial charge in [0.2, 0.25) is 0 Å². The van der Waals surface area contributed by atoms with E-state index in [0.29, 0.717) is 54.4 Å². The molecule has 35 heavy (non-hydrogen) atoms. The molecule has 0 unspecified atom stereocenters. The third-order valence-electron chi connectivity index (χ3n) is 5.95. The first-order valence-electron chi connectivity index (χ1n) is 11.2. The van der Waals surface area contributed by atoms with Crippen molar-refractivity contribution in [3.8, 4) is 17.3 Å². The maximum Gasteiger partial charge on any atom is 0.274 e. The molecule has 0 radical (unpaired) electrons. The zero-order valence-electron chi connectivity index (χ0n) is 19.0. The summed E-state index contributed by atoms with van der Waals surface area (Å²) >= 11 is 0. The average Bonchev–Trinajstić information content (AvgIpc) is 3.32. The fraction of sp³-hybridized carbons (Fsp3) is 0.192. The number of hydrogen-bond acceptors (Lipinski definition) is 6. The van der Waals surface area contributed by atoms with Crippen LogP contribution in [0.5, 0.6) is 0 Å². The van der Waals surface area contributed by atoms with E-state index in [1.54, 1.807) is 36.1 Å². The first-order valence-corrected chi connectivity index (χ1v) is 11.2. The Labute approximate surface area is 201 Å². The molecule has 4 aromatic rings. The van der Waals surface area contributed by atoms with Gasteiger partial charge >= 0.3 is 0 Å². The number of benzene rings is 2. The Hall–Kier alpha value is -4.55. The lowest BCUT2D eigenvalue weighted by Crippen LogP contribution is -2.40. The molecule has 1 aliphatic rings. The highest BCUT2D eigenvalue weighted by molar-refractivity contribution is 6.05. The molecule has 2 amide bonds. The van der Waals surface area contributed by atoms with Crippen molar-refractivity contribution in [3.63, 3.8) is 0 Å². The highest BCUT2D eigenvalue weighted by atomic mass is 16.5. The van der Waals surface area contributed by atoms with E-state index in [1.165, 1.54) is 6.20 Å². The van der Waals surface area contributed by atoms with Crippen LogP contribution in [0.15, 0.2) is 54.7 Å². The molecule has 2 aromatic heterocycles. The molecule has 1 aliphatic heterocycles. The maximum atomic E-state index is 12.8. The van der Waals surface area contributed by atoms with E-state index in [1.807, 2.05) is 30.3 Å². The molecule has 9 nitrogen and oxygen atoms in total. The largest absolute Gasteiger partial charge is 0.378 e. The topological polar surface area (TPSA) is 124 Å². The van der Waals surface area contributed by atoms with E-state index in [2.05, 4.69) is 20.5 Å². The van der Waals surface area contributed by atoms with Crippen LogP contribution in [-0.2, 0) is 4.74 Å². The zero-order valence-corrected chi connectivity index (χ0v) is 19.0. The number of anilines is 1. The molecule has 0 bridgehead atoms. The third-order valence-corrected chi connectivity index (χ3v) is 5.95. The van der Waals surface area contributed by atoms with Crippen molar-refractivity contribution in [3.05, 3.63) is 77.1 Å². The van der Waals surface area contributed by atoms with E-state index >= 15 is 0 Å². The van der Waals surface area contributed by atoms with Crippen LogP contribution in [0.1, 0.15) is 32.0 Å². The number of aromatic nitrogens is 3. The van der Waals surface area contributed by atoms with Crippen LogP contribution in [0.4, 0.5) is 5.69 Å². The summed E-state index contributed by atoms with van der Waals surface area (Å²) in [5.41, 5.74) is 4.89. The molecule has 3 heterocycles. The number of rotatable bonds is 4. The minimum absolute atomic E-state index is 0.0107. The predicted molar refractivity (Wildman–Crippen MR) is 130 cm³/mol. The number of carbonyl (C=O) groups is 2. The standard InChI is InChI=1S/C26H22N6O3/c1-16-12-17(14-27)15-28-23(16)25(33)29-20-6-7-22-21(13-20)24(31-30-22)18-2-4-19(5-3-18)26(34)32-8-10-35-11-9-32/h2-7,12-13,15H,8-11H2,1H3,(H,29,33)(H,30,31). The monoisotopic (exact) mass is 466 g/mol. The van der Waals surface area contributed by atoms with Crippen molar-refractivity contribution in [2.75, 3.05) is 31.6 Å². The lowest BCUT2D eigenvalue weighted by Gasteiger charge is -2.26. The van der Waals surface area contributed by atoms with Crippen molar-refractivity contribution >= 4 is 28.4 Å². The van der Waals surface area contributed by atoms with Crippen LogP contribution in [0.3, 0.4) is 0 Å². The van der Waals surface area contributed by atoms with Gasteiger partial charge in [0.25, 0.3) is 11.8 Å². The maximum absolute atomic E-state index is 12.8. The first-order chi connectivity index (χ1) is 17.0. The average molecular weight is 467 g/mol. The first kappa shape index (κ1) is 22.3. The van der Waals surface area contributed by atoms with E-state index in [0.717, 1.165) is 16.5 Å². The summed E-state index contributed by atoms with van der Waals surface area (Å²) in [6.07, 6.45) is 1.38. The second kappa shape index (κ2) is 9.37. The van der Waals surface area contributed by atoms with E-state index in [-0.39, 0.29) is 17.5 Å². The normalized spacial score (nSPS) is 13.4. The number of hydrogen-bond donors (Lipinski definition) is 2. The number of ether oxygens (including phenoxy) is 1. The van der Waals surface area contributed by atoms with Gasteiger partial charge in [-0.2, -0.15) is 10.4 Å². The van der Waals surface area contributed by atoms with Gasteiger partial charge in [0, 0.05) is 41.5 Å². The number of H-pyrrole nitrogens is 1. The smallest absolute Gasteiger partial charge is 0.274 e. The van der Waals surface area contributed by atoms with Gasteiger partial charge in [0.15, 0.2) is 0 Å².